The first-order chi connectivity index (χ1) is 8.22. The van der Waals surface area contributed by atoms with Gasteiger partial charge in [0.25, 0.3) is 0 Å². The molecule has 4 heteroatoms. The van der Waals surface area contributed by atoms with Crippen molar-refractivity contribution < 1.29 is 4.74 Å². The Morgan fingerprint density at radius 3 is 2.59 bits per heavy atom. The SMILES string of the molecule is CCOCCCNC(=S)NCC1(CC)CCC1. The second kappa shape index (κ2) is 7.88. The number of hydrogen-bond acceptors (Lipinski definition) is 2. The number of hydrogen-bond donors (Lipinski definition) is 2. The van der Waals surface area contributed by atoms with Crippen molar-refractivity contribution in [2.45, 2.75) is 46.0 Å². The second-order valence-electron chi connectivity index (χ2n) is 4.87. The van der Waals surface area contributed by atoms with Crippen LogP contribution in [0.2, 0.25) is 0 Å². The Labute approximate surface area is 111 Å². The molecule has 3 nitrogen and oxygen atoms in total. The summed E-state index contributed by atoms with van der Waals surface area (Å²) in [4.78, 5) is 0. The van der Waals surface area contributed by atoms with E-state index in [0.29, 0.717) is 5.41 Å². The first-order valence-corrected chi connectivity index (χ1v) is 7.23. The highest BCUT2D eigenvalue weighted by Crippen LogP contribution is 2.42. The fourth-order valence-electron chi connectivity index (χ4n) is 2.18. The summed E-state index contributed by atoms with van der Waals surface area (Å²) in [5.74, 6) is 0. The van der Waals surface area contributed by atoms with Gasteiger partial charge in [-0.05, 0) is 50.2 Å². The lowest BCUT2D eigenvalue weighted by Gasteiger charge is -2.41. The lowest BCUT2D eigenvalue weighted by atomic mass is 9.67. The molecule has 0 aromatic carbocycles. The zero-order chi connectivity index (χ0) is 12.6. The van der Waals surface area contributed by atoms with E-state index in [1.807, 2.05) is 6.92 Å². The Morgan fingerprint density at radius 1 is 1.29 bits per heavy atom. The molecule has 0 bridgehead atoms. The highest BCUT2D eigenvalue weighted by molar-refractivity contribution is 7.80. The monoisotopic (exact) mass is 258 g/mol. The normalized spacial score (nSPS) is 17.3. The molecule has 1 fully saturated rings. The van der Waals surface area contributed by atoms with Crippen molar-refractivity contribution in [3.63, 3.8) is 0 Å². The van der Waals surface area contributed by atoms with E-state index < -0.39 is 0 Å². The standard InChI is InChI=1S/C13H26N2OS/c1-3-13(7-5-8-13)11-15-12(17)14-9-6-10-16-4-2/h3-11H2,1-2H3,(H2,14,15,17). The Bertz CT molecular complexity index is 224. The molecule has 0 aromatic heterocycles. The van der Waals surface area contributed by atoms with Crippen LogP contribution in [-0.4, -0.2) is 31.4 Å². The van der Waals surface area contributed by atoms with Crippen molar-refractivity contribution in [2.24, 2.45) is 5.41 Å². The van der Waals surface area contributed by atoms with Crippen molar-refractivity contribution in [1.29, 1.82) is 0 Å². The summed E-state index contributed by atoms with van der Waals surface area (Å²) in [6.07, 6.45) is 6.35. The first-order valence-electron chi connectivity index (χ1n) is 6.82. The Balaban J connectivity index is 2.01. The summed E-state index contributed by atoms with van der Waals surface area (Å²) < 4.78 is 5.27. The van der Waals surface area contributed by atoms with Gasteiger partial charge in [-0.2, -0.15) is 0 Å². The molecule has 1 aliphatic carbocycles. The van der Waals surface area contributed by atoms with Crippen LogP contribution in [0.1, 0.15) is 46.0 Å². The van der Waals surface area contributed by atoms with E-state index in [-0.39, 0.29) is 0 Å². The molecule has 0 saturated heterocycles. The fraction of sp³-hybridized carbons (Fsp3) is 0.923. The van der Waals surface area contributed by atoms with E-state index in [2.05, 4.69) is 17.6 Å². The topological polar surface area (TPSA) is 33.3 Å². The van der Waals surface area contributed by atoms with E-state index in [9.17, 15) is 0 Å². The Hall–Kier alpha value is -0.350. The van der Waals surface area contributed by atoms with Gasteiger partial charge in [0.1, 0.15) is 0 Å². The Kier molecular flexibility index (Phi) is 6.82. The average Bonchev–Trinajstić information content (AvgIpc) is 2.28. The van der Waals surface area contributed by atoms with Gasteiger partial charge in [-0.3, -0.25) is 0 Å². The molecule has 0 spiro atoms. The molecular weight excluding hydrogens is 232 g/mol. The molecular formula is C13H26N2OS. The summed E-state index contributed by atoms with van der Waals surface area (Å²) in [5, 5.41) is 7.37. The minimum atomic E-state index is 0.525. The van der Waals surface area contributed by atoms with Gasteiger partial charge in [0.05, 0.1) is 0 Å². The van der Waals surface area contributed by atoms with Crippen LogP contribution in [0.4, 0.5) is 0 Å². The summed E-state index contributed by atoms with van der Waals surface area (Å²) in [6.45, 7) is 7.82. The predicted octanol–water partition coefficient (Wildman–Crippen LogP) is 2.46. The van der Waals surface area contributed by atoms with Gasteiger partial charge in [-0.1, -0.05) is 13.3 Å². The Morgan fingerprint density at radius 2 is 2.06 bits per heavy atom. The molecule has 100 valence electrons. The minimum absolute atomic E-state index is 0.525. The van der Waals surface area contributed by atoms with E-state index in [0.717, 1.165) is 37.8 Å². The molecule has 17 heavy (non-hydrogen) atoms. The zero-order valence-electron chi connectivity index (χ0n) is 11.2. The van der Waals surface area contributed by atoms with Gasteiger partial charge in [-0.25, -0.2) is 0 Å². The zero-order valence-corrected chi connectivity index (χ0v) is 12.0. The number of nitrogens with one attached hydrogen (secondary N) is 2. The molecule has 1 rings (SSSR count). The summed E-state index contributed by atoms with van der Waals surface area (Å²) in [7, 11) is 0. The van der Waals surface area contributed by atoms with Crippen molar-refractivity contribution >= 4 is 17.3 Å². The maximum atomic E-state index is 5.27. The molecule has 0 amide bonds. The highest BCUT2D eigenvalue weighted by atomic mass is 32.1. The molecule has 0 atom stereocenters. The summed E-state index contributed by atoms with van der Waals surface area (Å²) in [5.41, 5.74) is 0.525. The highest BCUT2D eigenvalue weighted by Gasteiger charge is 2.34. The summed E-state index contributed by atoms with van der Waals surface area (Å²) >= 11 is 5.26. The van der Waals surface area contributed by atoms with Crippen molar-refractivity contribution in [2.75, 3.05) is 26.3 Å². The van der Waals surface area contributed by atoms with E-state index in [4.69, 9.17) is 17.0 Å². The second-order valence-corrected chi connectivity index (χ2v) is 5.28. The molecule has 0 heterocycles. The largest absolute Gasteiger partial charge is 0.382 e. The molecule has 1 saturated carbocycles. The van der Waals surface area contributed by atoms with Gasteiger partial charge in [0, 0.05) is 26.3 Å². The smallest absolute Gasteiger partial charge is 0.166 e. The van der Waals surface area contributed by atoms with Crippen LogP contribution in [0.25, 0.3) is 0 Å². The lowest BCUT2D eigenvalue weighted by molar-refractivity contribution is 0.131. The third kappa shape index (κ3) is 5.21. The van der Waals surface area contributed by atoms with Gasteiger partial charge < -0.3 is 15.4 Å². The molecule has 0 unspecified atom stereocenters. The lowest BCUT2D eigenvalue weighted by Crippen LogP contribution is -2.45. The first kappa shape index (κ1) is 14.7. The average molecular weight is 258 g/mol. The van der Waals surface area contributed by atoms with Gasteiger partial charge in [-0.15, -0.1) is 0 Å². The maximum Gasteiger partial charge on any atom is 0.166 e. The number of thiocarbonyl (C=S) groups is 1. The van der Waals surface area contributed by atoms with E-state index >= 15 is 0 Å². The van der Waals surface area contributed by atoms with Crippen molar-refractivity contribution in [3.05, 3.63) is 0 Å². The molecule has 0 aromatic rings. The van der Waals surface area contributed by atoms with Crippen LogP contribution in [0, 0.1) is 5.41 Å². The molecule has 0 radical (unpaired) electrons. The third-order valence-corrected chi connectivity index (χ3v) is 4.03. The van der Waals surface area contributed by atoms with Crippen LogP contribution in [-0.2, 0) is 4.74 Å². The molecule has 1 aliphatic rings. The molecule has 2 N–H and O–H groups in total. The minimum Gasteiger partial charge on any atom is -0.382 e. The van der Waals surface area contributed by atoms with Crippen LogP contribution >= 0.6 is 12.2 Å². The summed E-state index contributed by atoms with van der Waals surface area (Å²) in [6, 6.07) is 0. The number of rotatable bonds is 8. The molecule has 0 aliphatic heterocycles. The van der Waals surface area contributed by atoms with Crippen LogP contribution < -0.4 is 10.6 Å². The van der Waals surface area contributed by atoms with Gasteiger partial charge in [0.2, 0.25) is 0 Å². The van der Waals surface area contributed by atoms with E-state index in [1.54, 1.807) is 0 Å². The van der Waals surface area contributed by atoms with Gasteiger partial charge >= 0.3 is 0 Å². The van der Waals surface area contributed by atoms with Crippen LogP contribution in [0.3, 0.4) is 0 Å². The van der Waals surface area contributed by atoms with Crippen molar-refractivity contribution in [1.82, 2.24) is 10.6 Å². The third-order valence-electron chi connectivity index (χ3n) is 3.74. The van der Waals surface area contributed by atoms with Crippen molar-refractivity contribution in [3.8, 4) is 0 Å². The van der Waals surface area contributed by atoms with Crippen LogP contribution in [0.5, 0.6) is 0 Å². The van der Waals surface area contributed by atoms with Crippen LogP contribution in [0.15, 0.2) is 0 Å². The van der Waals surface area contributed by atoms with E-state index in [1.165, 1.54) is 25.7 Å². The quantitative estimate of drug-likeness (QED) is 0.517. The predicted molar refractivity (Wildman–Crippen MR) is 76.3 cm³/mol. The maximum absolute atomic E-state index is 5.27. The van der Waals surface area contributed by atoms with Gasteiger partial charge in [0.15, 0.2) is 5.11 Å². The number of ether oxygens (including phenoxy) is 1. The fourth-order valence-corrected chi connectivity index (χ4v) is 2.36.